The van der Waals surface area contributed by atoms with Gasteiger partial charge in [-0.05, 0) is 36.5 Å². The number of amides is 3. The van der Waals surface area contributed by atoms with Crippen LogP contribution >= 0.6 is 34.5 Å². The van der Waals surface area contributed by atoms with E-state index in [1.54, 1.807) is 6.07 Å². The molecule has 0 aliphatic heterocycles. The quantitative estimate of drug-likeness (QED) is 0.412. The molecule has 0 atom stereocenters. The molecule has 170 valence electrons. The lowest BCUT2D eigenvalue weighted by molar-refractivity contribution is 0.153. The van der Waals surface area contributed by atoms with E-state index in [1.807, 2.05) is 6.07 Å². The average Bonchev–Trinajstić information content (AvgIpc) is 3.35. The van der Waals surface area contributed by atoms with Gasteiger partial charge in [0.15, 0.2) is 5.82 Å². The Balaban J connectivity index is 0.000000238. The monoisotopic (exact) mass is 493 g/mol. The number of halogens is 1. The van der Waals surface area contributed by atoms with Crippen molar-refractivity contribution in [2.75, 3.05) is 12.4 Å². The smallest absolute Gasteiger partial charge is 0.407 e. The molecule has 0 bridgehead atoms. The lowest BCUT2D eigenvalue weighted by Gasteiger charge is -2.25. The van der Waals surface area contributed by atoms with Crippen molar-refractivity contribution >= 4 is 51.7 Å². The highest BCUT2D eigenvalue weighted by atomic mass is 35.5. The van der Waals surface area contributed by atoms with E-state index in [9.17, 15) is 9.59 Å². The van der Waals surface area contributed by atoms with E-state index < -0.39 is 12.1 Å². The zero-order chi connectivity index (χ0) is 22.9. The van der Waals surface area contributed by atoms with E-state index in [-0.39, 0.29) is 6.54 Å². The number of hydrogen-bond acceptors (Lipinski definition) is 6. The third-order valence-corrected chi connectivity index (χ3v) is 6.72. The second kappa shape index (κ2) is 11.8. The van der Waals surface area contributed by atoms with Gasteiger partial charge in [0.25, 0.3) is 0 Å². The molecule has 2 heterocycles. The SMILES string of the molecule is CN(Cc1nsc(NC(=O)NCc2ccc(Cl)s2)n1)C(=O)O.c1ccc(C2CCC2)cc1. The topological polar surface area (TPSA) is 107 Å². The molecule has 1 fully saturated rings. The zero-order valence-electron chi connectivity index (χ0n) is 17.5. The Morgan fingerprint density at radius 1 is 1.22 bits per heavy atom. The molecular formula is C21H24ClN5O3S2. The number of rotatable bonds is 6. The standard InChI is InChI=1S/C11H12ClN5O3S2.C10H12/c1-17(11(19)20)5-8-14-10(22-16-8)15-9(18)13-4-6-2-3-7(12)21-6;1-2-5-9(6-3-1)10-7-4-8-10/h2-3H,4-5H2,1H3,(H,19,20)(H2,13,14,15,16,18);1-3,5-6,10H,4,7-8H2. The van der Waals surface area contributed by atoms with E-state index in [1.165, 1.54) is 43.2 Å². The summed E-state index contributed by atoms with van der Waals surface area (Å²) >= 11 is 8.17. The molecule has 3 aromatic rings. The highest BCUT2D eigenvalue weighted by Crippen LogP contribution is 2.35. The van der Waals surface area contributed by atoms with Gasteiger partial charge in [0, 0.05) is 23.5 Å². The van der Waals surface area contributed by atoms with Crippen molar-refractivity contribution in [3.05, 3.63) is 63.1 Å². The highest BCUT2D eigenvalue weighted by Gasteiger charge is 2.18. The van der Waals surface area contributed by atoms with Crippen molar-refractivity contribution in [1.82, 2.24) is 19.6 Å². The van der Waals surface area contributed by atoms with Crippen LogP contribution in [0, 0.1) is 0 Å². The maximum absolute atomic E-state index is 11.7. The first-order valence-electron chi connectivity index (χ1n) is 10.0. The molecule has 0 saturated heterocycles. The van der Waals surface area contributed by atoms with E-state index in [4.69, 9.17) is 16.7 Å². The average molecular weight is 494 g/mol. The number of nitrogens with one attached hydrogen (secondary N) is 2. The molecule has 11 heteroatoms. The molecule has 0 unspecified atom stereocenters. The summed E-state index contributed by atoms with van der Waals surface area (Å²) in [7, 11) is 1.41. The third-order valence-electron chi connectivity index (χ3n) is 4.82. The summed E-state index contributed by atoms with van der Waals surface area (Å²) in [6.07, 6.45) is 3.17. The molecule has 3 N–H and O–H groups in total. The number of carboxylic acid groups (broad SMARTS) is 1. The largest absolute Gasteiger partial charge is 0.465 e. The lowest BCUT2D eigenvalue weighted by Crippen LogP contribution is -2.28. The second-order valence-electron chi connectivity index (χ2n) is 7.21. The van der Waals surface area contributed by atoms with Gasteiger partial charge in [-0.15, -0.1) is 11.3 Å². The number of aromatic nitrogens is 2. The Labute approximate surface area is 199 Å². The number of carbonyl (C=O) groups is 2. The van der Waals surface area contributed by atoms with Gasteiger partial charge >= 0.3 is 12.1 Å². The van der Waals surface area contributed by atoms with Gasteiger partial charge in [-0.1, -0.05) is 48.4 Å². The Morgan fingerprint density at radius 2 is 1.97 bits per heavy atom. The lowest BCUT2D eigenvalue weighted by atomic mass is 9.80. The minimum atomic E-state index is -1.07. The van der Waals surface area contributed by atoms with Crippen LogP contribution in [-0.2, 0) is 13.1 Å². The molecule has 2 aromatic heterocycles. The number of nitrogens with zero attached hydrogens (tertiary/aromatic N) is 3. The Morgan fingerprint density at radius 3 is 2.56 bits per heavy atom. The van der Waals surface area contributed by atoms with Crippen molar-refractivity contribution in [1.29, 1.82) is 0 Å². The molecule has 4 rings (SSSR count). The first-order valence-corrected chi connectivity index (χ1v) is 12.0. The van der Waals surface area contributed by atoms with Crippen molar-refractivity contribution in [2.45, 2.75) is 38.3 Å². The molecular weight excluding hydrogens is 470 g/mol. The van der Waals surface area contributed by atoms with Crippen molar-refractivity contribution in [3.63, 3.8) is 0 Å². The number of anilines is 1. The van der Waals surface area contributed by atoms with Gasteiger partial charge in [-0.25, -0.2) is 14.6 Å². The van der Waals surface area contributed by atoms with Crippen LogP contribution in [0.5, 0.6) is 0 Å². The van der Waals surface area contributed by atoms with Crippen molar-refractivity contribution in [2.24, 2.45) is 0 Å². The van der Waals surface area contributed by atoms with Gasteiger partial charge in [0.05, 0.1) is 17.4 Å². The van der Waals surface area contributed by atoms with Crippen LogP contribution in [0.3, 0.4) is 0 Å². The molecule has 8 nitrogen and oxygen atoms in total. The van der Waals surface area contributed by atoms with Gasteiger partial charge < -0.3 is 15.3 Å². The molecule has 1 saturated carbocycles. The molecule has 1 aliphatic carbocycles. The van der Waals surface area contributed by atoms with Crippen LogP contribution in [-0.4, -0.2) is 38.5 Å². The third kappa shape index (κ3) is 7.47. The second-order valence-corrected chi connectivity index (χ2v) is 9.76. The number of carbonyl (C=O) groups excluding carboxylic acids is 1. The van der Waals surface area contributed by atoms with Crippen LogP contribution in [0.15, 0.2) is 42.5 Å². The zero-order valence-corrected chi connectivity index (χ0v) is 19.8. The normalized spacial score (nSPS) is 12.8. The highest BCUT2D eigenvalue weighted by molar-refractivity contribution is 7.16. The predicted molar refractivity (Wildman–Crippen MR) is 128 cm³/mol. The van der Waals surface area contributed by atoms with Crippen LogP contribution in [0.1, 0.15) is 41.4 Å². The molecule has 32 heavy (non-hydrogen) atoms. The van der Waals surface area contributed by atoms with Crippen LogP contribution in [0.25, 0.3) is 0 Å². The maximum Gasteiger partial charge on any atom is 0.407 e. The first-order chi connectivity index (χ1) is 15.4. The molecule has 3 amide bonds. The van der Waals surface area contributed by atoms with E-state index in [0.29, 0.717) is 21.8 Å². The Bertz CT molecular complexity index is 1020. The maximum atomic E-state index is 11.7. The fourth-order valence-electron chi connectivity index (χ4n) is 2.87. The number of thiophene rings is 1. The summed E-state index contributed by atoms with van der Waals surface area (Å²) < 4.78 is 4.64. The summed E-state index contributed by atoms with van der Waals surface area (Å²) in [4.78, 5) is 28.4. The minimum absolute atomic E-state index is 0.0584. The summed E-state index contributed by atoms with van der Waals surface area (Å²) in [6, 6.07) is 14.0. The molecule has 1 aliphatic rings. The van der Waals surface area contributed by atoms with E-state index >= 15 is 0 Å². The predicted octanol–water partition coefficient (Wildman–Crippen LogP) is 5.64. The minimum Gasteiger partial charge on any atom is -0.465 e. The van der Waals surface area contributed by atoms with Gasteiger partial charge in [0.1, 0.15) is 0 Å². The summed E-state index contributed by atoms with van der Waals surface area (Å²) in [5.74, 6) is 1.22. The first kappa shape index (κ1) is 24.0. The van der Waals surface area contributed by atoms with Gasteiger partial charge in [-0.2, -0.15) is 4.37 Å². The molecule has 0 radical (unpaired) electrons. The molecule has 0 spiro atoms. The Kier molecular flexibility index (Phi) is 8.83. The number of hydrogen-bond donors (Lipinski definition) is 3. The van der Waals surface area contributed by atoms with Crippen molar-refractivity contribution < 1.29 is 14.7 Å². The van der Waals surface area contributed by atoms with Gasteiger partial charge in [-0.3, -0.25) is 5.32 Å². The van der Waals surface area contributed by atoms with Crippen molar-refractivity contribution in [3.8, 4) is 0 Å². The number of urea groups is 1. The fraction of sp³-hybridized carbons (Fsp3) is 0.333. The fourth-order valence-corrected chi connectivity index (χ4v) is 4.47. The van der Waals surface area contributed by atoms with E-state index in [0.717, 1.165) is 27.2 Å². The molecule has 1 aromatic carbocycles. The summed E-state index contributed by atoms with van der Waals surface area (Å²) in [5, 5.41) is 14.3. The van der Waals surface area contributed by atoms with Crippen LogP contribution < -0.4 is 10.6 Å². The van der Waals surface area contributed by atoms with Crippen LogP contribution in [0.4, 0.5) is 14.7 Å². The number of benzene rings is 1. The Hall–Kier alpha value is -2.69. The van der Waals surface area contributed by atoms with Crippen LogP contribution in [0.2, 0.25) is 4.34 Å². The summed E-state index contributed by atoms with van der Waals surface area (Å²) in [5.41, 5.74) is 1.54. The van der Waals surface area contributed by atoms with E-state index in [2.05, 4.69) is 50.3 Å². The van der Waals surface area contributed by atoms with Gasteiger partial charge in [0.2, 0.25) is 5.13 Å². The summed E-state index contributed by atoms with van der Waals surface area (Å²) in [6.45, 7) is 0.416.